The Labute approximate surface area is 162 Å². The Balaban J connectivity index is 1.51. The molecule has 5 heteroatoms. The zero-order chi connectivity index (χ0) is 18.4. The van der Waals surface area contributed by atoms with Crippen LogP contribution in [0, 0.1) is 0 Å². The van der Waals surface area contributed by atoms with Gasteiger partial charge in [0.05, 0.1) is 6.42 Å². The first-order valence-corrected chi connectivity index (χ1v) is 8.86. The summed E-state index contributed by atoms with van der Waals surface area (Å²) < 4.78 is 5.73. The van der Waals surface area contributed by atoms with Crippen molar-refractivity contribution in [3.05, 3.63) is 94.0 Å². The van der Waals surface area contributed by atoms with Crippen LogP contribution in [0.1, 0.15) is 11.1 Å². The second-order valence-corrected chi connectivity index (χ2v) is 6.66. The van der Waals surface area contributed by atoms with Crippen molar-refractivity contribution in [2.45, 2.75) is 13.0 Å². The van der Waals surface area contributed by atoms with Crippen LogP contribution in [-0.2, 0) is 17.8 Å². The SMILES string of the molecule is O=C(Cc1ccc(Cl)cc1)Nc1ccc(OCc2ccc(Cl)cc2)cc1. The molecule has 26 heavy (non-hydrogen) atoms. The maximum atomic E-state index is 12.1. The van der Waals surface area contributed by atoms with E-state index in [1.165, 1.54) is 0 Å². The number of hydrogen-bond acceptors (Lipinski definition) is 2. The molecule has 132 valence electrons. The molecule has 0 bridgehead atoms. The van der Waals surface area contributed by atoms with E-state index in [0.29, 0.717) is 23.1 Å². The number of nitrogens with one attached hydrogen (secondary N) is 1. The number of carbonyl (C=O) groups is 1. The number of amides is 1. The van der Waals surface area contributed by atoms with E-state index in [9.17, 15) is 4.79 Å². The first kappa shape index (κ1) is 18.3. The van der Waals surface area contributed by atoms with Crippen molar-refractivity contribution in [2.24, 2.45) is 0 Å². The predicted molar refractivity (Wildman–Crippen MR) is 106 cm³/mol. The normalized spacial score (nSPS) is 10.4. The summed E-state index contributed by atoms with van der Waals surface area (Å²) in [7, 11) is 0. The van der Waals surface area contributed by atoms with Gasteiger partial charge in [0, 0.05) is 15.7 Å². The molecule has 0 fully saturated rings. The Kier molecular flexibility index (Phi) is 6.16. The van der Waals surface area contributed by atoms with E-state index in [2.05, 4.69) is 5.32 Å². The molecule has 0 aromatic heterocycles. The Morgan fingerprint density at radius 3 is 1.88 bits per heavy atom. The summed E-state index contributed by atoms with van der Waals surface area (Å²) >= 11 is 11.7. The van der Waals surface area contributed by atoms with Crippen LogP contribution in [-0.4, -0.2) is 5.91 Å². The third kappa shape index (κ3) is 5.51. The first-order chi connectivity index (χ1) is 12.6. The molecule has 0 atom stereocenters. The fraction of sp³-hybridized carbons (Fsp3) is 0.0952. The smallest absolute Gasteiger partial charge is 0.228 e. The Hall–Kier alpha value is -2.49. The van der Waals surface area contributed by atoms with Crippen LogP contribution in [0.3, 0.4) is 0 Å². The van der Waals surface area contributed by atoms with Crippen LogP contribution in [0.25, 0.3) is 0 Å². The van der Waals surface area contributed by atoms with Gasteiger partial charge in [-0.25, -0.2) is 0 Å². The number of ether oxygens (including phenoxy) is 1. The van der Waals surface area contributed by atoms with Crippen LogP contribution in [0.4, 0.5) is 5.69 Å². The van der Waals surface area contributed by atoms with Gasteiger partial charge in [-0.3, -0.25) is 4.79 Å². The van der Waals surface area contributed by atoms with Gasteiger partial charge in [0.2, 0.25) is 5.91 Å². The first-order valence-electron chi connectivity index (χ1n) is 8.10. The topological polar surface area (TPSA) is 38.3 Å². The van der Waals surface area contributed by atoms with Gasteiger partial charge in [-0.1, -0.05) is 47.5 Å². The number of anilines is 1. The minimum atomic E-state index is -0.0813. The highest BCUT2D eigenvalue weighted by molar-refractivity contribution is 6.30. The maximum absolute atomic E-state index is 12.1. The van der Waals surface area contributed by atoms with Gasteiger partial charge >= 0.3 is 0 Å². The number of carbonyl (C=O) groups excluding carboxylic acids is 1. The summed E-state index contributed by atoms with van der Waals surface area (Å²) in [5.41, 5.74) is 2.67. The number of rotatable bonds is 6. The molecule has 0 spiro atoms. The van der Waals surface area contributed by atoms with Gasteiger partial charge in [0.1, 0.15) is 12.4 Å². The molecule has 0 saturated carbocycles. The van der Waals surface area contributed by atoms with Crippen LogP contribution >= 0.6 is 23.2 Å². The zero-order valence-corrected chi connectivity index (χ0v) is 15.4. The molecule has 0 unspecified atom stereocenters. The molecule has 3 nitrogen and oxygen atoms in total. The average Bonchev–Trinajstić information content (AvgIpc) is 2.64. The molecule has 0 aliphatic heterocycles. The highest BCUT2D eigenvalue weighted by atomic mass is 35.5. The predicted octanol–water partition coefficient (Wildman–Crippen LogP) is 5.75. The van der Waals surface area contributed by atoms with Crippen molar-refractivity contribution in [3.63, 3.8) is 0 Å². The van der Waals surface area contributed by atoms with Crippen molar-refractivity contribution in [1.29, 1.82) is 0 Å². The van der Waals surface area contributed by atoms with E-state index in [4.69, 9.17) is 27.9 Å². The number of hydrogen-bond donors (Lipinski definition) is 1. The summed E-state index contributed by atoms with van der Waals surface area (Å²) in [5.74, 6) is 0.651. The molecule has 1 N–H and O–H groups in total. The molecule has 0 saturated heterocycles. The Bertz CT molecular complexity index is 860. The Morgan fingerprint density at radius 2 is 1.31 bits per heavy atom. The van der Waals surface area contributed by atoms with Gasteiger partial charge in [-0.2, -0.15) is 0 Å². The molecule has 0 aliphatic rings. The molecule has 1 amide bonds. The number of benzene rings is 3. The van der Waals surface area contributed by atoms with E-state index in [0.717, 1.165) is 22.6 Å². The minimum Gasteiger partial charge on any atom is -0.489 e. The average molecular weight is 386 g/mol. The molecule has 3 aromatic rings. The maximum Gasteiger partial charge on any atom is 0.228 e. The molecule has 3 rings (SSSR count). The van der Waals surface area contributed by atoms with Crippen LogP contribution in [0.2, 0.25) is 10.0 Å². The number of halogens is 2. The van der Waals surface area contributed by atoms with Gasteiger partial charge in [-0.15, -0.1) is 0 Å². The largest absolute Gasteiger partial charge is 0.489 e. The van der Waals surface area contributed by atoms with Crippen molar-refractivity contribution < 1.29 is 9.53 Å². The second-order valence-electron chi connectivity index (χ2n) is 5.79. The summed E-state index contributed by atoms with van der Waals surface area (Å²) in [5, 5.41) is 4.23. The summed E-state index contributed by atoms with van der Waals surface area (Å²) in [6.45, 7) is 0.458. The lowest BCUT2D eigenvalue weighted by Crippen LogP contribution is -2.14. The van der Waals surface area contributed by atoms with E-state index >= 15 is 0 Å². The van der Waals surface area contributed by atoms with E-state index in [-0.39, 0.29) is 5.91 Å². The van der Waals surface area contributed by atoms with Crippen LogP contribution < -0.4 is 10.1 Å². The van der Waals surface area contributed by atoms with E-state index in [1.54, 1.807) is 12.1 Å². The van der Waals surface area contributed by atoms with Crippen molar-refractivity contribution in [1.82, 2.24) is 0 Å². The van der Waals surface area contributed by atoms with Gasteiger partial charge < -0.3 is 10.1 Å². The minimum absolute atomic E-state index is 0.0813. The third-order valence-corrected chi connectivity index (χ3v) is 4.24. The summed E-state index contributed by atoms with van der Waals surface area (Å²) in [4.78, 5) is 12.1. The molecule has 3 aromatic carbocycles. The van der Waals surface area contributed by atoms with E-state index < -0.39 is 0 Å². The van der Waals surface area contributed by atoms with E-state index in [1.807, 2.05) is 60.7 Å². The monoisotopic (exact) mass is 385 g/mol. The highest BCUT2D eigenvalue weighted by Gasteiger charge is 2.05. The second kappa shape index (κ2) is 8.75. The van der Waals surface area contributed by atoms with Crippen molar-refractivity contribution >= 4 is 34.8 Å². The zero-order valence-electron chi connectivity index (χ0n) is 13.9. The van der Waals surface area contributed by atoms with Crippen molar-refractivity contribution in [3.8, 4) is 5.75 Å². The quantitative estimate of drug-likeness (QED) is 0.586. The molecular formula is C21H17Cl2NO2. The van der Waals surface area contributed by atoms with Crippen LogP contribution in [0.5, 0.6) is 5.75 Å². The molecule has 0 radical (unpaired) electrons. The molecular weight excluding hydrogens is 369 g/mol. The lowest BCUT2D eigenvalue weighted by atomic mass is 10.1. The van der Waals surface area contributed by atoms with Crippen molar-refractivity contribution in [2.75, 3.05) is 5.32 Å². The summed E-state index contributed by atoms with van der Waals surface area (Å²) in [6.07, 6.45) is 0.298. The van der Waals surface area contributed by atoms with Gasteiger partial charge in [0.15, 0.2) is 0 Å². The fourth-order valence-electron chi connectivity index (χ4n) is 2.37. The standard InChI is InChI=1S/C21H17Cl2NO2/c22-17-5-1-15(2-6-17)13-21(25)24-19-9-11-20(12-10-19)26-14-16-3-7-18(23)8-4-16/h1-12H,13-14H2,(H,24,25). The fourth-order valence-corrected chi connectivity index (χ4v) is 2.63. The molecule has 0 heterocycles. The molecule has 0 aliphatic carbocycles. The lowest BCUT2D eigenvalue weighted by molar-refractivity contribution is -0.115. The Morgan fingerprint density at radius 1 is 0.769 bits per heavy atom. The van der Waals surface area contributed by atoms with Gasteiger partial charge in [-0.05, 0) is 59.7 Å². The van der Waals surface area contributed by atoms with Gasteiger partial charge in [0.25, 0.3) is 0 Å². The highest BCUT2D eigenvalue weighted by Crippen LogP contribution is 2.18. The van der Waals surface area contributed by atoms with Crippen LogP contribution in [0.15, 0.2) is 72.8 Å². The summed E-state index contributed by atoms with van der Waals surface area (Å²) in [6, 6.07) is 22.0. The third-order valence-electron chi connectivity index (χ3n) is 3.73. The lowest BCUT2D eigenvalue weighted by Gasteiger charge is -2.09.